The fourth-order valence-corrected chi connectivity index (χ4v) is 3.56. The van der Waals surface area contributed by atoms with Crippen LogP contribution < -0.4 is 5.73 Å². The number of amides is 1. The summed E-state index contributed by atoms with van der Waals surface area (Å²) in [4.78, 5) is 14.8. The predicted molar refractivity (Wildman–Crippen MR) is 104 cm³/mol. The Morgan fingerprint density at radius 2 is 1.79 bits per heavy atom. The van der Waals surface area contributed by atoms with E-state index >= 15 is 0 Å². The van der Waals surface area contributed by atoms with Gasteiger partial charge in [0.05, 0.1) is 0 Å². The summed E-state index contributed by atoms with van der Waals surface area (Å²) in [5.41, 5.74) is 6.57. The van der Waals surface area contributed by atoms with E-state index in [4.69, 9.17) is 17.3 Å². The highest BCUT2D eigenvalue weighted by atomic mass is 35.5. The molecule has 136 valence electrons. The van der Waals surface area contributed by atoms with Crippen LogP contribution in [0.1, 0.15) is 63.4 Å². The minimum atomic E-state index is 0. The standard InChI is InChI=1S/C19H29ClN2O.ClH/c20-18-12-7-4-9-16(18)15-22(17-10-5-6-11-17)19(23)13-3-1-2-8-14-21;/h4,7,9,12,17H,1-3,5-6,8,10-11,13-15,21H2;1H. The highest BCUT2D eigenvalue weighted by Crippen LogP contribution is 2.27. The molecule has 1 aromatic carbocycles. The number of carbonyl (C=O) groups excluding carboxylic acids is 1. The number of unbranched alkanes of at least 4 members (excludes halogenated alkanes) is 3. The van der Waals surface area contributed by atoms with Gasteiger partial charge in [-0.05, 0) is 43.9 Å². The maximum absolute atomic E-state index is 12.7. The fraction of sp³-hybridized carbons (Fsp3) is 0.632. The summed E-state index contributed by atoms with van der Waals surface area (Å²) >= 11 is 6.29. The zero-order valence-electron chi connectivity index (χ0n) is 14.4. The zero-order chi connectivity index (χ0) is 16.5. The molecule has 1 saturated carbocycles. The Morgan fingerprint density at radius 1 is 1.12 bits per heavy atom. The van der Waals surface area contributed by atoms with Crippen LogP contribution in [0.15, 0.2) is 24.3 Å². The smallest absolute Gasteiger partial charge is 0.223 e. The van der Waals surface area contributed by atoms with Gasteiger partial charge in [-0.3, -0.25) is 4.79 Å². The zero-order valence-corrected chi connectivity index (χ0v) is 16.0. The number of carbonyl (C=O) groups is 1. The number of hydrogen-bond acceptors (Lipinski definition) is 2. The number of nitrogens with zero attached hydrogens (tertiary/aromatic N) is 1. The van der Waals surface area contributed by atoms with Gasteiger partial charge in [0.15, 0.2) is 0 Å². The molecule has 0 heterocycles. The van der Waals surface area contributed by atoms with E-state index < -0.39 is 0 Å². The summed E-state index contributed by atoms with van der Waals surface area (Å²) in [6.45, 7) is 1.39. The number of benzene rings is 1. The summed E-state index contributed by atoms with van der Waals surface area (Å²) in [5, 5.41) is 0.756. The van der Waals surface area contributed by atoms with Crippen LogP contribution in [0.25, 0.3) is 0 Å². The van der Waals surface area contributed by atoms with Gasteiger partial charge in [-0.25, -0.2) is 0 Å². The van der Waals surface area contributed by atoms with Crippen molar-refractivity contribution in [3.63, 3.8) is 0 Å². The summed E-state index contributed by atoms with van der Waals surface area (Å²) < 4.78 is 0. The second-order valence-electron chi connectivity index (χ2n) is 6.50. The lowest BCUT2D eigenvalue weighted by Gasteiger charge is -2.29. The van der Waals surface area contributed by atoms with Crippen molar-refractivity contribution in [1.29, 1.82) is 0 Å². The molecule has 0 radical (unpaired) electrons. The van der Waals surface area contributed by atoms with Gasteiger partial charge in [0.25, 0.3) is 0 Å². The Bertz CT molecular complexity index is 490. The van der Waals surface area contributed by atoms with Crippen molar-refractivity contribution < 1.29 is 4.79 Å². The fourth-order valence-electron chi connectivity index (χ4n) is 3.36. The Kier molecular flexibility index (Phi) is 10.4. The largest absolute Gasteiger partial charge is 0.335 e. The van der Waals surface area contributed by atoms with Gasteiger partial charge in [0.2, 0.25) is 5.91 Å². The number of halogens is 2. The van der Waals surface area contributed by atoms with Crippen LogP contribution in [0.5, 0.6) is 0 Å². The molecule has 0 aliphatic heterocycles. The molecule has 5 heteroatoms. The molecule has 1 aromatic rings. The Hall–Kier alpha value is -0.770. The first-order chi connectivity index (χ1) is 11.2. The normalized spacial score (nSPS) is 14.4. The molecule has 1 amide bonds. The van der Waals surface area contributed by atoms with Gasteiger partial charge >= 0.3 is 0 Å². The molecule has 24 heavy (non-hydrogen) atoms. The lowest BCUT2D eigenvalue weighted by molar-refractivity contribution is -0.134. The molecule has 2 rings (SSSR count). The quantitative estimate of drug-likeness (QED) is 0.623. The molecule has 0 spiro atoms. The van der Waals surface area contributed by atoms with E-state index in [-0.39, 0.29) is 18.3 Å². The summed E-state index contributed by atoms with van der Waals surface area (Å²) in [6, 6.07) is 8.25. The SMILES string of the molecule is Cl.NCCCCCCC(=O)N(Cc1ccccc1Cl)C1CCCC1. The lowest BCUT2D eigenvalue weighted by atomic mass is 10.1. The van der Waals surface area contributed by atoms with E-state index in [1.54, 1.807) is 0 Å². The first-order valence-corrected chi connectivity index (χ1v) is 9.33. The lowest BCUT2D eigenvalue weighted by Crippen LogP contribution is -2.38. The van der Waals surface area contributed by atoms with E-state index in [9.17, 15) is 4.79 Å². The van der Waals surface area contributed by atoms with Crippen LogP contribution in [0.3, 0.4) is 0 Å². The van der Waals surface area contributed by atoms with Gasteiger partial charge in [-0.2, -0.15) is 0 Å². The van der Waals surface area contributed by atoms with Gasteiger partial charge in [0, 0.05) is 24.0 Å². The van der Waals surface area contributed by atoms with E-state index in [1.807, 2.05) is 24.3 Å². The Labute approximate surface area is 157 Å². The van der Waals surface area contributed by atoms with Crippen LogP contribution in [-0.4, -0.2) is 23.4 Å². The number of rotatable bonds is 9. The molecule has 1 aliphatic rings. The number of nitrogens with two attached hydrogens (primary N) is 1. The number of hydrogen-bond donors (Lipinski definition) is 1. The van der Waals surface area contributed by atoms with Gasteiger partial charge in [-0.1, -0.05) is 55.5 Å². The third-order valence-corrected chi connectivity index (χ3v) is 5.10. The molecule has 0 saturated heterocycles. The maximum atomic E-state index is 12.7. The van der Waals surface area contributed by atoms with Crippen molar-refractivity contribution >= 4 is 29.9 Å². The second kappa shape index (κ2) is 11.7. The van der Waals surface area contributed by atoms with Crippen LogP contribution in [0.2, 0.25) is 5.02 Å². The maximum Gasteiger partial charge on any atom is 0.223 e. The minimum Gasteiger partial charge on any atom is -0.335 e. The van der Waals surface area contributed by atoms with Crippen molar-refractivity contribution in [3.8, 4) is 0 Å². The first kappa shape index (κ1) is 21.3. The molecule has 1 fully saturated rings. The highest BCUT2D eigenvalue weighted by molar-refractivity contribution is 6.31. The molecule has 0 bridgehead atoms. The monoisotopic (exact) mass is 372 g/mol. The van der Waals surface area contributed by atoms with Crippen molar-refractivity contribution in [2.45, 2.75) is 70.4 Å². The van der Waals surface area contributed by atoms with Crippen molar-refractivity contribution in [3.05, 3.63) is 34.9 Å². The molecule has 1 aliphatic carbocycles. The first-order valence-electron chi connectivity index (χ1n) is 8.95. The molecular weight excluding hydrogens is 343 g/mol. The average molecular weight is 373 g/mol. The second-order valence-corrected chi connectivity index (χ2v) is 6.91. The average Bonchev–Trinajstić information content (AvgIpc) is 3.08. The molecule has 3 nitrogen and oxygen atoms in total. The Balaban J connectivity index is 0.00000288. The summed E-state index contributed by atoms with van der Waals surface area (Å²) in [7, 11) is 0. The van der Waals surface area contributed by atoms with Crippen LogP contribution in [0.4, 0.5) is 0 Å². The molecular formula is C19H30Cl2N2O. The van der Waals surface area contributed by atoms with Crippen molar-refractivity contribution in [1.82, 2.24) is 4.90 Å². The predicted octanol–water partition coefficient (Wildman–Crippen LogP) is 4.94. The van der Waals surface area contributed by atoms with E-state index in [1.165, 1.54) is 12.8 Å². The van der Waals surface area contributed by atoms with E-state index in [0.717, 1.165) is 55.7 Å². The molecule has 2 N–H and O–H groups in total. The molecule has 0 aromatic heterocycles. The van der Waals surface area contributed by atoms with Gasteiger partial charge < -0.3 is 10.6 Å². The van der Waals surface area contributed by atoms with Crippen LogP contribution >= 0.6 is 24.0 Å². The van der Waals surface area contributed by atoms with Crippen molar-refractivity contribution in [2.24, 2.45) is 5.73 Å². The third-order valence-electron chi connectivity index (χ3n) is 4.73. The van der Waals surface area contributed by atoms with Crippen LogP contribution in [-0.2, 0) is 11.3 Å². The topological polar surface area (TPSA) is 46.3 Å². The molecule has 0 atom stereocenters. The third kappa shape index (κ3) is 6.62. The van der Waals surface area contributed by atoms with Gasteiger partial charge in [-0.15, -0.1) is 12.4 Å². The Morgan fingerprint density at radius 3 is 2.46 bits per heavy atom. The van der Waals surface area contributed by atoms with Crippen molar-refractivity contribution in [2.75, 3.05) is 6.54 Å². The summed E-state index contributed by atoms with van der Waals surface area (Å²) in [6.07, 6.45) is 9.59. The summed E-state index contributed by atoms with van der Waals surface area (Å²) in [5.74, 6) is 0.282. The van der Waals surface area contributed by atoms with E-state index in [2.05, 4.69) is 4.90 Å². The van der Waals surface area contributed by atoms with Gasteiger partial charge in [0.1, 0.15) is 0 Å². The highest BCUT2D eigenvalue weighted by Gasteiger charge is 2.26. The van der Waals surface area contributed by atoms with E-state index in [0.29, 0.717) is 19.0 Å². The minimum absolute atomic E-state index is 0. The molecule has 0 unspecified atom stereocenters. The van der Waals surface area contributed by atoms with Crippen LogP contribution in [0, 0.1) is 0 Å².